The second-order valence-corrected chi connectivity index (χ2v) is 4.35. The van der Waals surface area contributed by atoms with E-state index in [1.807, 2.05) is 19.9 Å². The molecule has 0 heterocycles. The molecule has 1 aromatic rings. The second kappa shape index (κ2) is 3.84. The van der Waals surface area contributed by atoms with Crippen LogP contribution < -0.4 is 0 Å². The van der Waals surface area contributed by atoms with Crippen LogP contribution in [0, 0.1) is 12.7 Å². The van der Waals surface area contributed by atoms with Gasteiger partial charge in [0, 0.05) is 0 Å². The van der Waals surface area contributed by atoms with Crippen LogP contribution in [-0.2, 0) is 16.8 Å². The Morgan fingerprint density at radius 1 is 1.50 bits per heavy atom. The lowest BCUT2D eigenvalue weighted by Gasteiger charge is -2.14. The van der Waals surface area contributed by atoms with Gasteiger partial charge in [-0.1, -0.05) is 13.0 Å². The van der Waals surface area contributed by atoms with Crippen molar-refractivity contribution in [2.24, 2.45) is 4.99 Å². The normalized spacial score (nSPS) is 16.7. The zero-order chi connectivity index (χ0) is 11.8. The van der Waals surface area contributed by atoms with Gasteiger partial charge in [0.05, 0.1) is 5.54 Å². The Balaban J connectivity index is 2.53. The summed E-state index contributed by atoms with van der Waals surface area (Å²) in [5.74, 6) is -0.172. The highest BCUT2D eigenvalue weighted by molar-refractivity contribution is 5.45. The predicted octanol–water partition coefficient (Wildman–Crippen LogP) is 3.02. The molecule has 1 aliphatic carbocycles. The zero-order valence-corrected chi connectivity index (χ0v) is 9.51. The highest BCUT2D eigenvalue weighted by atomic mass is 19.1. The monoisotopic (exact) mass is 219 g/mol. The van der Waals surface area contributed by atoms with E-state index >= 15 is 0 Å². The van der Waals surface area contributed by atoms with E-state index in [1.165, 1.54) is 6.07 Å². The van der Waals surface area contributed by atoms with E-state index in [-0.39, 0.29) is 5.82 Å². The van der Waals surface area contributed by atoms with Gasteiger partial charge in [0.2, 0.25) is 6.08 Å². The van der Waals surface area contributed by atoms with Gasteiger partial charge < -0.3 is 0 Å². The van der Waals surface area contributed by atoms with Crippen LogP contribution >= 0.6 is 0 Å². The third-order valence-corrected chi connectivity index (χ3v) is 3.26. The molecule has 84 valence electrons. The lowest BCUT2D eigenvalue weighted by molar-refractivity contribution is 0.555. The van der Waals surface area contributed by atoms with Crippen molar-refractivity contribution in [1.82, 2.24) is 0 Å². The molecule has 0 aromatic heterocycles. The number of hydrogen-bond donors (Lipinski definition) is 0. The number of aryl methyl sites for hydroxylation is 2. The van der Waals surface area contributed by atoms with Crippen LogP contribution in [0.15, 0.2) is 17.1 Å². The maximum Gasteiger partial charge on any atom is 0.235 e. The first-order chi connectivity index (χ1) is 7.63. The Morgan fingerprint density at radius 2 is 2.19 bits per heavy atom. The number of benzene rings is 1. The van der Waals surface area contributed by atoms with Gasteiger partial charge in [-0.25, -0.2) is 9.18 Å². The molecular formula is C13H14FNO. The first-order valence-electron chi connectivity index (χ1n) is 5.51. The molecule has 1 aliphatic rings. The highest BCUT2D eigenvalue weighted by Gasteiger charge is 2.45. The fourth-order valence-electron chi connectivity index (χ4n) is 2.14. The number of hydrogen-bond acceptors (Lipinski definition) is 2. The summed E-state index contributed by atoms with van der Waals surface area (Å²) in [5.41, 5.74) is 2.14. The fraction of sp³-hybridized carbons (Fsp3) is 0.462. The predicted molar refractivity (Wildman–Crippen MR) is 59.5 cm³/mol. The second-order valence-electron chi connectivity index (χ2n) is 4.35. The largest absolute Gasteiger partial charge is 0.235 e. The van der Waals surface area contributed by atoms with E-state index in [1.54, 1.807) is 6.08 Å². The van der Waals surface area contributed by atoms with E-state index in [0.717, 1.165) is 24.0 Å². The molecule has 16 heavy (non-hydrogen) atoms. The molecule has 2 rings (SSSR count). The van der Waals surface area contributed by atoms with Gasteiger partial charge in [0.25, 0.3) is 0 Å². The molecule has 0 aliphatic heterocycles. The van der Waals surface area contributed by atoms with Crippen molar-refractivity contribution in [1.29, 1.82) is 0 Å². The van der Waals surface area contributed by atoms with Crippen LogP contribution in [0.2, 0.25) is 0 Å². The van der Waals surface area contributed by atoms with E-state index in [2.05, 4.69) is 4.99 Å². The minimum absolute atomic E-state index is 0.172. The zero-order valence-electron chi connectivity index (χ0n) is 9.51. The third kappa shape index (κ3) is 1.68. The maximum atomic E-state index is 13.5. The van der Waals surface area contributed by atoms with Crippen molar-refractivity contribution >= 4 is 6.08 Å². The molecule has 0 saturated heterocycles. The van der Waals surface area contributed by atoms with Gasteiger partial charge in [-0.15, -0.1) is 0 Å². The van der Waals surface area contributed by atoms with Crippen LogP contribution in [-0.4, -0.2) is 6.08 Å². The van der Waals surface area contributed by atoms with Crippen molar-refractivity contribution in [3.05, 3.63) is 34.6 Å². The van der Waals surface area contributed by atoms with E-state index in [4.69, 9.17) is 0 Å². The summed E-state index contributed by atoms with van der Waals surface area (Å²) in [6, 6.07) is 3.38. The van der Waals surface area contributed by atoms with Crippen LogP contribution in [0.25, 0.3) is 0 Å². The molecule has 1 aromatic carbocycles. The molecule has 0 atom stereocenters. The molecule has 0 unspecified atom stereocenters. The molecular weight excluding hydrogens is 205 g/mol. The first kappa shape index (κ1) is 11.0. The Kier molecular flexibility index (Phi) is 2.64. The maximum absolute atomic E-state index is 13.5. The molecule has 1 saturated carbocycles. The van der Waals surface area contributed by atoms with Crippen LogP contribution in [0.3, 0.4) is 0 Å². The summed E-state index contributed by atoms with van der Waals surface area (Å²) in [5, 5.41) is 0. The van der Waals surface area contributed by atoms with Crippen LogP contribution in [0.4, 0.5) is 4.39 Å². The number of halogens is 1. The third-order valence-electron chi connectivity index (χ3n) is 3.26. The summed E-state index contributed by atoms with van der Waals surface area (Å²) in [6.45, 7) is 3.78. The SMILES string of the molecule is CCc1cc(C2(N=C=O)CC2)c(C)cc1F. The molecule has 1 fully saturated rings. The van der Waals surface area contributed by atoms with Crippen molar-refractivity contribution in [2.45, 2.75) is 38.6 Å². The fourth-order valence-corrected chi connectivity index (χ4v) is 2.14. The average molecular weight is 219 g/mol. The smallest absolute Gasteiger partial charge is 0.211 e. The Hall–Kier alpha value is -1.47. The van der Waals surface area contributed by atoms with Crippen molar-refractivity contribution in [2.75, 3.05) is 0 Å². The summed E-state index contributed by atoms with van der Waals surface area (Å²) < 4.78 is 13.5. The van der Waals surface area contributed by atoms with E-state index in [9.17, 15) is 9.18 Å². The topological polar surface area (TPSA) is 29.4 Å². The summed E-state index contributed by atoms with van der Waals surface area (Å²) >= 11 is 0. The summed E-state index contributed by atoms with van der Waals surface area (Å²) in [6.07, 6.45) is 4.00. The van der Waals surface area contributed by atoms with Gasteiger partial charge in [0.1, 0.15) is 5.82 Å². The van der Waals surface area contributed by atoms with Gasteiger partial charge in [0.15, 0.2) is 0 Å². The number of rotatable bonds is 3. The molecule has 0 bridgehead atoms. The Morgan fingerprint density at radius 3 is 2.69 bits per heavy atom. The lowest BCUT2D eigenvalue weighted by atomic mass is 9.96. The Bertz CT molecular complexity index is 471. The average Bonchev–Trinajstić information content (AvgIpc) is 2.99. The first-order valence-corrected chi connectivity index (χ1v) is 5.51. The van der Waals surface area contributed by atoms with Gasteiger partial charge in [-0.3, -0.25) is 0 Å². The number of carbonyl (C=O) groups excluding carboxylic acids is 1. The molecule has 3 heteroatoms. The van der Waals surface area contributed by atoms with Gasteiger partial charge in [-0.2, -0.15) is 4.99 Å². The molecule has 0 N–H and O–H groups in total. The number of aliphatic imine (C=N–C) groups is 1. The van der Waals surface area contributed by atoms with Crippen LogP contribution in [0.1, 0.15) is 36.5 Å². The van der Waals surface area contributed by atoms with E-state index in [0.29, 0.717) is 12.0 Å². The quantitative estimate of drug-likeness (QED) is 0.567. The highest BCUT2D eigenvalue weighted by Crippen LogP contribution is 2.50. The molecule has 0 spiro atoms. The molecule has 0 radical (unpaired) electrons. The summed E-state index contributed by atoms with van der Waals surface area (Å²) in [4.78, 5) is 14.3. The van der Waals surface area contributed by atoms with Gasteiger partial charge >= 0.3 is 0 Å². The number of isocyanates is 1. The van der Waals surface area contributed by atoms with Crippen molar-refractivity contribution in [3.63, 3.8) is 0 Å². The molecule has 2 nitrogen and oxygen atoms in total. The van der Waals surface area contributed by atoms with Gasteiger partial charge in [-0.05, 0) is 48.9 Å². The molecule has 0 amide bonds. The lowest BCUT2D eigenvalue weighted by Crippen LogP contribution is -2.07. The van der Waals surface area contributed by atoms with Crippen LogP contribution in [0.5, 0.6) is 0 Å². The Labute approximate surface area is 94.2 Å². The number of nitrogens with zero attached hydrogens (tertiary/aromatic N) is 1. The summed E-state index contributed by atoms with van der Waals surface area (Å²) in [7, 11) is 0. The van der Waals surface area contributed by atoms with Crippen molar-refractivity contribution in [3.8, 4) is 0 Å². The minimum Gasteiger partial charge on any atom is -0.211 e. The standard InChI is InChI=1S/C13H14FNO/c1-3-10-7-11(9(2)6-12(10)14)13(4-5-13)15-8-16/h6-7H,3-5H2,1-2H3. The van der Waals surface area contributed by atoms with E-state index < -0.39 is 5.54 Å². The minimum atomic E-state index is -0.399. The van der Waals surface area contributed by atoms with Crippen molar-refractivity contribution < 1.29 is 9.18 Å².